The molecule has 0 radical (unpaired) electrons. The van der Waals surface area contributed by atoms with Crippen molar-refractivity contribution in [3.8, 4) is 0 Å². The zero-order valence-corrected chi connectivity index (χ0v) is 18.5. The van der Waals surface area contributed by atoms with Crippen LogP contribution in [0.1, 0.15) is 63.1 Å². The van der Waals surface area contributed by atoms with E-state index in [9.17, 15) is 0 Å². The molecule has 3 rings (SSSR count). The van der Waals surface area contributed by atoms with Crippen molar-refractivity contribution in [1.29, 1.82) is 0 Å². The van der Waals surface area contributed by atoms with Gasteiger partial charge < -0.3 is 15.2 Å². The lowest BCUT2D eigenvalue weighted by atomic mass is 10.2. The molecule has 2 unspecified atom stereocenters. The van der Waals surface area contributed by atoms with Crippen molar-refractivity contribution in [2.75, 3.05) is 26.3 Å². The number of rotatable bonds is 12. The zero-order valence-electron chi connectivity index (χ0n) is 18.5. The first kappa shape index (κ1) is 22.9. The Morgan fingerprint density at radius 1 is 0.767 bits per heavy atom. The summed E-state index contributed by atoms with van der Waals surface area (Å²) in [4.78, 5) is 0. The molecule has 164 valence electrons. The van der Waals surface area contributed by atoms with Gasteiger partial charge in [0.1, 0.15) is 12.5 Å². The summed E-state index contributed by atoms with van der Waals surface area (Å²) in [7, 11) is 0. The fraction of sp³-hybridized carbons (Fsp3) is 0.520. The van der Waals surface area contributed by atoms with E-state index < -0.39 is 0 Å². The predicted octanol–water partition coefficient (Wildman–Crippen LogP) is 4.88. The van der Waals surface area contributed by atoms with Crippen molar-refractivity contribution >= 4 is 0 Å². The van der Waals surface area contributed by atoms with Crippen LogP contribution < -0.4 is 5.73 Å². The number of unbranched alkanes of at least 4 members (excludes halogenated alkanes) is 2. The Bertz CT molecular complexity index is 651. The monoisotopic (exact) mass is 411 g/mol. The van der Waals surface area contributed by atoms with Gasteiger partial charge in [0.15, 0.2) is 0 Å². The summed E-state index contributed by atoms with van der Waals surface area (Å²) in [6.45, 7) is 7.31. The SMILES string of the molecule is CCCCOC(c1ccccc1)N1CC(N)CN1C(OCCCC)c1ccccc1. The third-order valence-electron chi connectivity index (χ3n) is 5.43. The molecule has 30 heavy (non-hydrogen) atoms. The van der Waals surface area contributed by atoms with Crippen molar-refractivity contribution in [3.05, 3.63) is 71.8 Å². The van der Waals surface area contributed by atoms with Crippen LogP contribution >= 0.6 is 0 Å². The molecule has 2 atom stereocenters. The van der Waals surface area contributed by atoms with E-state index in [1.807, 2.05) is 12.1 Å². The van der Waals surface area contributed by atoms with Crippen LogP contribution in [0.4, 0.5) is 0 Å². The molecule has 0 aliphatic carbocycles. The molecular formula is C25H37N3O2. The lowest BCUT2D eigenvalue weighted by Gasteiger charge is -2.39. The lowest BCUT2D eigenvalue weighted by molar-refractivity contribution is -0.215. The highest BCUT2D eigenvalue weighted by Gasteiger charge is 2.39. The molecule has 5 heteroatoms. The minimum Gasteiger partial charge on any atom is -0.358 e. The summed E-state index contributed by atoms with van der Waals surface area (Å²) in [5.74, 6) is 0. The third-order valence-corrected chi connectivity index (χ3v) is 5.43. The summed E-state index contributed by atoms with van der Waals surface area (Å²) >= 11 is 0. The maximum atomic E-state index is 6.46. The van der Waals surface area contributed by atoms with E-state index in [-0.39, 0.29) is 18.5 Å². The first-order valence-corrected chi connectivity index (χ1v) is 11.4. The van der Waals surface area contributed by atoms with Gasteiger partial charge in [0.25, 0.3) is 0 Å². The highest BCUT2D eigenvalue weighted by molar-refractivity contribution is 5.20. The molecule has 1 fully saturated rings. The average molecular weight is 412 g/mol. The largest absolute Gasteiger partial charge is 0.358 e. The predicted molar refractivity (Wildman–Crippen MR) is 121 cm³/mol. The molecule has 0 bridgehead atoms. The van der Waals surface area contributed by atoms with Gasteiger partial charge in [-0.05, 0) is 24.0 Å². The van der Waals surface area contributed by atoms with Gasteiger partial charge in [0, 0.05) is 32.3 Å². The van der Waals surface area contributed by atoms with Gasteiger partial charge in [0.2, 0.25) is 0 Å². The number of ether oxygens (including phenoxy) is 2. The molecule has 0 amide bonds. The Kier molecular flexibility index (Phi) is 9.30. The normalized spacial score (nSPS) is 19.8. The van der Waals surface area contributed by atoms with Gasteiger partial charge in [-0.1, -0.05) is 87.4 Å². The first-order valence-electron chi connectivity index (χ1n) is 11.4. The maximum absolute atomic E-state index is 6.46. The van der Waals surface area contributed by atoms with Crippen LogP contribution in [0.3, 0.4) is 0 Å². The highest BCUT2D eigenvalue weighted by Crippen LogP contribution is 2.34. The summed E-state index contributed by atoms with van der Waals surface area (Å²) in [5.41, 5.74) is 8.76. The Morgan fingerprint density at radius 3 is 1.53 bits per heavy atom. The van der Waals surface area contributed by atoms with E-state index in [4.69, 9.17) is 15.2 Å². The minimum atomic E-state index is -0.174. The van der Waals surface area contributed by atoms with Crippen molar-refractivity contribution in [1.82, 2.24) is 10.0 Å². The molecule has 2 aromatic rings. The van der Waals surface area contributed by atoms with Crippen molar-refractivity contribution in [2.45, 2.75) is 58.0 Å². The Balaban J connectivity index is 1.89. The molecule has 1 saturated heterocycles. The quantitative estimate of drug-likeness (QED) is 0.505. The molecule has 2 N–H and O–H groups in total. The molecule has 0 saturated carbocycles. The van der Waals surface area contributed by atoms with Crippen LogP contribution in [0.25, 0.3) is 0 Å². The second-order valence-electron chi connectivity index (χ2n) is 7.98. The van der Waals surface area contributed by atoms with Crippen LogP contribution in [0.2, 0.25) is 0 Å². The molecule has 5 nitrogen and oxygen atoms in total. The molecule has 1 heterocycles. The van der Waals surface area contributed by atoms with Gasteiger partial charge in [0.05, 0.1) is 0 Å². The van der Waals surface area contributed by atoms with Crippen molar-refractivity contribution in [3.63, 3.8) is 0 Å². The Labute approximate surface area is 181 Å². The van der Waals surface area contributed by atoms with E-state index in [1.54, 1.807) is 0 Å². The molecule has 0 spiro atoms. The van der Waals surface area contributed by atoms with Crippen LogP contribution in [-0.4, -0.2) is 42.4 Å². The fourth-order valence-electron chi connectivity index (χ4n) is 3.83. The zero-order chi connectivity index (χ0) is 21.2. The van der Waals surface area contributed by atoms with E-state index in [2.05, 4.69) is 72.4 Å². The summed E-state index contributed by atoms with van der Waals surface area (Å²) in [5, 5.41) is 4.55. The van der Waals surface area contributed by atoms with Gasteiger partial charge in [-0.2, -0.15) is 0 Å². The van der Waals surface area contributed by atoms with Crippen LogP contribution in [0, 0.1) is 0 Å². The summed E-state index contributed by atoms with van der Waals surface area (Å²) in [6.07, 6.45) is 3.95. The topological polar surface area (TPSA) is 51.0 Å². The Hall–Kier alpha value is -1.76. The molecule has 2 aromatic carbocycles. The number of nitrogens with zero attached hydrogens (tertiary/aromatic N) is 2. The average Bonchev–Trinajstić information content (AvgIpc) is 3.16. The standard InChI is InChI=1S/C25H37N3O2/c1-3-5-17-29-24(21-13-9-7-10-14-21)27-19-23(26)20-28(27)25(30-18-6-4-2)22-15-11-8-12-16-22/h7-16,23-25H,3-6,17-20,26H2,1-2H3. The van der Waals surface area contributed by atoms with Gasteiger partial charge in [-0.15, -0.1) is 0 Å². The molecular weight excluding hydrogens is 374 g/mol. The Morgan fingerprint density at radius 2 is 1.17 bits per heavy atom. The van der Waals surface area contributed by atoms with Crippen LogP contribution in [-0.2, 0) is 9.47 Å². The summed E-state index contributed by atoms with van der Waals surface area (Å²) in [6, 6.07) is 20.9. The number of benzene rings is 2. The van der Waals surface area contributed by atoms with E-state index in [0.717, 1.165) is 63.1 Å². The molecule has 1 aliphatic rings. The van der Waals surface area contributed by atoms with Gasteiger partial charge >= 0.3 is 0 Å². The lowest BCUT2D eigenvalue weighted by Crippen LogP contribution is -2.43. The van der Waals surface area contributed by atoms with Crippen molar-refractivity contribution < 1.29 is 9.47 Å². The summed E-state index contributed by atoms with van der Waals surface area (Å²) < 4.78 is 12.8. The smallest absolute Gasteiger partial charge is 0.149 e. The second kappa shape index (κ2) is 12.2. The number of hydrazine groups is 1. The maximum Gasteiger partial charge on any atom is 0.149 e. The highest BCUT2D eigenvalue weighted by atomic mass is 16.5. The van der Waals surface area contributed by atoms with E-state index in [1.165, 1.54) is 0 Å². The third kappa shape index (κ3) is 6.13. The van der Waals surface area contributed by atoms with Crippen LogP contribution in [0.15, 0.2) is 60.7 Å². The van der Waals surface area contributed by atoms with E-state index >= 15 is 0 Å². The molecule has 0 aromatic heterocycles. The first-order chi connectivity index (χ1) is 14.7. The van der Waals surface area contributed by atoms with Crippen molar-refractivity contribution in [2.24, 2.45) is 5.73 Å². The second-order valence-corrected chi connectivity index (χ2v) is 7.98. The number of hydrogen-bond donors (Lipinski definition) is 1. The van der Waals surface area contributed by atoms with Gasteiger partial charge in [-0.25, -0.2) is 10.0 Å². The number of hydrogen-bond acceptors (Lipinski definition) is 5. The minimum absolute atomic E-state index is 0.0481. The number of nitrogens with two attached hydrogens (primary N) is 1. The van der Waals surface area contributed by atoms with Crippen LogP contribution in [0.5, 0.6) is 0 Å². The van der Waals surface area contributed by atoms with Gasteiger partial charge in [-0.3, -0.25) is 0 Å². The molecule has 1 aliphatic heterocycles. The van der Waals surface area contributed by atoms with E-state index in [0.29, 0.717) is 0 Å². The fourth-order valence-corrected chi connectivity index (χ4v) is 3.83.